The molecule has 1 saturated heterocycles. The van der Waals surface area contributed by atoms with Gasteiger partial charge in [-0.15, -0.1) is 0 Å². The van der Waals surface area contributed by atoms with Gasteiger partial charge in [-0.3, -0.25) is 0 Å². The Morgan fingerprint density at radius 2 is 1.63 bits per heavy atom. The molecule has 35 heavy (non-hydrogen) atoms. The van der Waals surface area contributed by atoms with Crippen LogP contribution in [0.15, 0.2) is 72.8 Å². The summed E-state index contributed by atoms with van der Waals surface area (Å²) < 4.78 is 22.5. The van der Waals surface area contributed by atoms with Gasteiger partial charge < -0.3 is 24.3 Å². The third kappa shape index (κ3) is 5.93. The number of carbonyl (C=O) groups is 2. The molecule has 3 aromatic rings. The van der Waals surface area contributed by atoms with Gasteiger partial charge in [-0.2, -0.15) is 0 Å². The van der Waals surface area contributed by atoms with E-state index in [1.54, 1.807) is 31.2 Å². The Bertz CT molecular complexity index is 1180. The molecule has 1 heterocycles. The molecule has 4 rings (SSSR count). The van der Waals surface area contributed by atoms with E-state index in [0.717, 1.165) is 35.7 Å². The van der Waals surface area contributed by atoms with E-state index in [1.807, 2.05) is 48.5 Å². The highest BCUT2D eigenvalue weighted by Crippen LogP contribution is 2.30. The van der Waals surface area contributed by atoms with Crippen LogP contribution in [0.2, 0.25) is 0 Å². The molecule has 1 fully saturated rings. The van der Waals surface area contributed by atoms with Gasteiger partial charge in [-0.05, 0) is 66.9 Å². The van der Waals surface area contributed by atoms with Gasteiger partial charge in [0.2, 0.25) is 0 Å². The second-order valence-electron chi connectivity index (χ2n) is 8.44. The Labute approximate surface area is 205 Å². The summed E-state index contributed by atoms with van der Waals surface area (Å²) in [5, 5.41) is 2.56. The van der Waals surface area contributed by atoms with E-state index in [2.05, 4.69) is 17.0 Å². The molecule has 182 valence electrons. The molecule has 1 aliphatic heterocycles. The zero-order valence-corrected chi connectivity index (χ0v) is 19.9. The zero-order chi connectivity index (χ0) is 24.7. The molecule has 7 nitrogen and oxygen atoms in total. The van der Waals surface area contributed by atoms with Crippen molar-refractivity contribution >= 4 is 12.1 Å². The fraction of sp³-hybridized carbons (Fsp3) is 0.286. The van der Waals surface area contributed by atoms with E-state index in [1.165, 1.54) is 0 Å². The number of aryl methyl sites for hydroxylation is 1. The number of esters is 1. The molecule has 0 saturated carbocycles. The number of cyclic esters (lactones) is 2. The molecule has 1 amide bonds. The Morgan fingerprint density at radius 3 is 2.37 bits per heavy atom. The van der Waals surface area contributed by atoms with E-state index in [-0.39, 0.29) is 0 Å². The van der Waals surface area contributed by atoms with Gasteiger partial charge in [-0.25, -0.2) is 9.59 Å². The highest BCUT2D eigenvalue weighted by atomic mass is 16.6. The molecule has 0 radical (unpaired) electrons. The van der Waals surface area contributed by atoms with Crippen LogP contribution in [0.25, 0.3) is 0 Å². The first kappa shape index (κ1) is 24.1. The molecular formula is C28H29NO6. The summed E-state index contributed by atoms with van der Waals surface area (Å²) >= 11 is 0. The van der Waals surface area contributed by atoms with E-state index >= 15 is 0 Å². The molecule has 0 aliphatic carbocycles. The molecular weight excluding hydrogens is 446 g/mol. The first-order valence-electron chi connectivity index (χ1n) is 11.7. The van der Waals surface area contributed by atoms with Crippen molar-refractivity contribution in [1.82, 2.24) is 5.32 Å². The lowest BCUT2D eigenvalue weighted by Gasteiger charge is -2.20. The predicted octanol–water partition coefficient (Wildman–Crippen LogP) is 5.76. The van der Waals surface area contributed by atoms with Gasteiger partial charge in [0.1, 0.15) is 23.0 Å². The van der Waals surface area contributed by atoms with Crippen molar-refractivity contribution in [2.24, 2.45) is 0 Å². The summed E-state index contributed by atoms with van der Waals surface area (Å²) in [5.74, 6) is 2.40. The normalized spacial score (nSPS) is 17.0. The number of hydrogen-bond donors (Lipinski definition) is 1. The van der Waals surface area contributed by atoms with E-state index in [9.17, 15) is 9.59 Å². The fourth-order valence-corrected chi connectivity index (χ4v) is 3.83. The number of amides is 1. The summed E-state index contributed by atoms with van der Waals surface area (Å²) in [6.45, 7) is 4.68. The topological polar surface area (TPSA) is 83.1 Å². The summed E-state index contributed by atoms with van der Waals surface area (Å²) in [5.41, 5.74) is 0.489. The molecule has 1 aliphatic rings. The number of para-hydroxylation sites is 1. The lowest BCUT2D eigenvalue weighted by atomic mass is 9.93. The molecule has 0 bridgehead atoms. The summed E-state index contributed by atoms with van der Waals surface area (Å²) in [6, 6.07) is 22.7. The van der Waals surface area contributed by atoms with Gasteiger partial charge in [-0.1, -0.05) is 43.7 Å². The van der Waals surface area contributed by atoms with E-state index in [0.29, 0.717) is 30.9 Å². The average molecular weight is 476 g/mol. The van der Waals surface area contributed by atoms with Crippen LogP contribution < -0.4 is 19.5 Å². The van der Waals surface area contributed by atoms with Crippen LogP contribution in [0.5, 0.6) is 23.0 Å². The second-order valence-corrected chi connectivity index (χ2v) is 8.44. The third-order valence-electron chi connectivity index (χ3n) is 5.70. The van der Waals surface area contributed by atoms with Gasteiger partial charge in [0.05, 0.1) is 13.2 Å². The minimum absolute atomic E-state index is 0.440. The van der Waals surface area contributed by atoms with Crippen LogP contribution in [0.3, 0.4) is 0 Å². The van der Waals surface area contributed by atoms with Crippen LogP contribution in [0.1, 0.15) is 37.8 Å². The van der Waals surface area contributed by atoms with Crippen molar-refractivity contribution in [2.45, 2.75) is 38.6 Å². The van der Waals surface area contributed by atoms with E-state index < -0.39 is 17.6 Å². The van der Waals surface area contributed by atoms with Crippen LogP contribution in [0.4, 0.5) is 4.79 Å². The standard InChI is InChI=1S/C28H29NO6/c1-3-9-20-18-24(34-22-11-5-4-6-12-22)14-15-25(20)33-17-8-16-32-23-13-7-10-21(19-23)28(2)26(30)35-27(31)29-28/h4-7,10-15,18-19H,3,8-9,16-17H2,1-2H3,(H,29,31). The van der Waals surface area contributed by atoms with Crippen LogP contribution in [0, 0.1) is 0 Å². The van der Waals surface area contributed by atoms with Crippen molar-refractivity contribution in [2.75, 3.05) is 13.2 Å². The first-order chi connectivity index (χ1) is 17.0. The molecule has 1 unspecified atom stereocenters. The lowest BCUT2D eigenvalue weighted by molar-refractivity contribution is -0.139. The molecule has 7 heteroatoms. The number of ether oxygens (including phenoxy) is 4. The van der Waals surface area contributed by atoms with Gasteiger partial charge in [0.15, 0.2) is 5.54 Å². The predicted molar refractivity (Wildman–Crippen MR) is 131 cm³/mol. The highest BCUT2D eigenvalue weighted by Gasteiger charge is 2.46. The van der Waals surface area contributed by atoms with Crippen molar-refractivity contribution in [3.8, 4) is 23.0 Å². The Hall–Kier alpha value is -4.00. The summed E-state index contributed by atoms with van der Waals surface area (Å²) in [6.07, 6.45) is 1.82. The maximum atomic E-state index is 12.1. The first-order valence-corrected chi connectivity index (χ1v) is 11.7. The minimum atomic E-state index is -1.22. The molecule has 1 N–H and O–H groups in total. The van der Waals surface area contributed by atoms with E-state index in [4.69, 9.17) is 14.2 Å². The zero-order valence-electron chi connectivity index (χ0n) is 19.9. The average Bonchev–Trinajstić information content (AvgIpc) is 3.13. The van der Waals surface area contributed by atoms with Gasteiger partial charge in [0, 0.05) is 6.42 Å². The Balaban J connectivity index is 1.30. The van der Waals surface area contributed by atoms with Crippen LogP contribution >= 0.6 is 0 Å². The van der Waals surface area contributed by atoms with Crippen molar-refractivity contribution in [3.05, 3.63) is 83.9 Å². The summed E-state index contributed by atoms with van der Waals surface area (Å²) in [7, 11) is 0. The fourth-order valence-electron chi connectivity index (χ4n) is 3.83. The molecule has 0 spiro atoms. The maximum Gasteiger partial charge on any atom is 0.416 e. The quantitative estimate of drug-likeness (QED) is 0.216. The van der Waals surface area contributed by atoms with Gasteiger partial charge in [0.25, 0.3) is 0 Å². The number of carbonyl (C=O) groups excluding carboxylic acids is 2. The monoisotopic (exact) mass is 475 g/mol. The molecule has 1 atom stereocenters. The smallest absolute Gasteiger partial charge is 0.416 e. The number of benzene rings is 3. The number of nitrogens with one attached hydrogen (secondary N) is 1. The minimum Gasteiger partial charge on any atom is -0.493 e. The number of hydrogen-bond acceptors (Lipinski definition) is 6. The Kier molecular flexibility index (Phi) is 7.55. The van der Waals surface area contributed by atoms with Crippen LogP contribution in [-0.2, 0) is 21.5 Å². The van der Waals surface area contributed by atoms with Crippen molar-refractivity contribution < 1.29 is 28.5 Å². The highest BCUT2D eigenvalue weighted by molar-refractivity contribution is 5.99. The third-order valence-corrected chi connectivity index (χ3v) is 5.70. The van der Waals surface area contributed by atoms with Gasteiger partial charge >= 0.3 is 12.1 Å². The SMILES string of the molecule is CCCc1cc(Oc2ccccc2)ccc1OCCCOc1cccc(C2(C)NC(=O)OC2=O)c1. The summed E-state index contributed by atoms with van der Waals surface area (Å²) in [4.78, 5) is 23.5. The molecule has 3 aromatic carbocycles. The largest absolute Gasteiger partial charge is 0.493 e. The van der Waals surface area contributed by atoms with Crippen molar-refractivity contribution in [3.63, 3.8) is 0 Å². The lowest BCUT2D eigenvalue weighted by Crippen LogP contribution is -2.40. The molecule has 0 aromatic heterocycles. The second kappa shape index (κ2) is 11.0. The number of alkyl carbamates (subject to hydrolysis) is 1. The van der Waals surface area contributed by atoms with Crippen molar-refractivity contribution in [1.29, 1.82) is 0 Å². The maximum absolute atomic E-state index is 12.1. The Morgan fingerprint density at radius 1 is 0.857 bits per heavy atom. The van der Waals surface area contributed by atoms with Crippen LogP contribution in [-0.4, -0.2) is 25.3 Å². The number of rotatable bonds is 11.